The summed E-state index contributed by atoms with van der Waals surface area (Å²) in [4.78, 5) is 12.2. The Labute approximate surface area is 164 Å². The van der Waals surface area contributed by atoms with Crippen molar-refractivity contribution in [3.05, 3.63) is 52.0 Å². The van der Waals surface area contributed by atoms with Gasteiger partial charge in [0.2, 0.25) is 10.0 Å². The fourth-order valence-corrected chi connectivity index (χ4v) is 3.63. The van der Waals surface area contributed by atoms with Crippen LogP contribution in [-0.4, -0.2) is 39.3 Å². The van der Waals surface area contributed by atoms with E-state index in [1.807, 2.05) is 0 Å². The molecular weight excluding hydrogens is 425 g/mol. The van der Waals surface area contributed by atoms with Crippen LogP contribution in [0.3, 0.4) is 0 Å². The average Bonchev–Trinajstić information content (AvgIpc) is 2.57. The molecule has 0 unspecified atom stereocenters. The minimum Gasteiger partial charge on any atom is -0.433 e. The van der Waals surface area contributed by atoms with Crippen LogP contribution in [0.4, 0.5) is 14.5 Å². The number of alkyl halides is 2. The summed E-state index contributed by atoms with van der Waals surface area (Å²) in [5, 5.41) is 2.33. The van der Waals surface area contributed by atoms with Crippen LogP contribution in [0.2, 0.25) is 10.0 Å². The van der Waals surface area contributed by atoms with Gasteiger partial charge >= 0.3 is 6.61 Å². The van der Waals surface area contributed by atoms with E-state index in [1.54, 1.807) is 0 Å². The number of benzene rings is 2. The third kappa shape index (κ3) is 5.07. The largest absolute Gasteiger partial charge is 0.433 e. The molecule has 0 aliphatic rings. The predicted molar refractivity (Wildman–Crippen MR) is 98.4 cm³/mol. The molecule has 1 amide bonds. The summed E-state index contributed by atoms with van der Waals surface area (Å²) in [7, 11) is -1.17. The van der Waals surface area contributed by atoms with Crippen LogP contribution in [0.5, 0.6) is 5.75 Å². The van der Waals surface area contributed by atoms with Crippen molar-refractivity contribution >= 4 is 44.8 Å². The van der Waals surface area contributed by atoms with Crippen LogP contribution in [0.25, 0.3) is 0 Å². The molecule has 0 fully saturated rings. The van der Waals surface area contributed by atoms with Crippen molar-refractivity contribution in [3.8, 4) is 5.75 Å². The molecule has 0 aromatic heterocycles. The fourth-order valence-electron chi connectivity index (χ4n) is 2.01. The Morgan fingerprint density at radius 1 is 1.11 bits per heavy atom. The number of ether oxygens (including phenoxy) is 1. The first kappa shape index (κ1) is 21.4. The molecule has 1 N–H and O–H groups in total. The van der Waals surface area contributed by atoms with E-state index in [0.717, 1.165) is 10.4 Å². The van der Waals surface area contributed by atoms with Crippen molar-refractivity contribution in [2.45, 2.75) is 11.5 Å². The second kappa shape index (κ2) is 8.39. The van der Waals surface area contributed by atoms with Gasteiger partial charge < -0.3 is 10.1 Å². The Kier molecular flexibility index (Phi) is 6.63. The number of nitrogens with one attached hydrogen (secondary N) is 1. The quantitative estimate of drug-likeness (QED) is 0.736. The highest BCUT2D eigenvalue weighted by atomic mass is 35.5. The molecule has 0 radical (unpaired) electrons. The summed E-state index contributed by atoms with van der Waals surface area (Å²) < 4.78 is 54.2. The van der Waals surface area contributed by atoms with E-state index in [4.69, 9.17) is 23.2 Å². The van der Waals surface area contributed by atoms with E-state index in [0.29, 0.717) is 0 Å². The zero-order valence-electron chi connectivity index (χ0n) is 14.0. The Hall–Kier alpha value is -1.94. The lowest BCUT2D eigenvalue weighted by Crippen LogP contribution is -2.23. The highest BCUT2D eigenvalue weighted by molar-refractivity contribution is 7.89. The third-order valence-electron chi connectivity index (χ3n) is 3.36. The smallest absolute Gasteiger partial charge is 0.387 e. The van der Waals surface area contributed by atoms with E-state index in [9.17, 15) is 22.0 Å². The van der Waals surface area contributed by atoms with Crippen molar-refractivity contribution in [1.29, 1.82) is 0 Å². The van der Waals surface area contributed by atoms with Crippen molar-refractivity contribution in [3.63, 3.8) is 0 Å². The standard InChI is InChI=1S/C16H14Cl2F2N2O4S/c1-22(2)27(24,25)14-7-9(3-5-11(14)17)15(23)21-10-4-6-13(12(18)8-10)26-16(19)20/h3-8,16H,1-2H3,(H,21,23). The van der Waals surface area contributed by atoms with Gasteiger partial charge in [0.1, 0.15) is 10.6 Å². The maximum atomic E-state index is 12.4. The molecule has 2 rings (SSSR count). The molecule has 27 heavy (non-hydrogen) atoms. The zero-order valence-corrected chi connectivity index (χ0v) is 16.4. The number of hydrogen-bond acceptors (Lipinski definition) is 4. The molecular formula is C16H14Cl2F2N2O4S. The Morgan fingerprint density at radius 2 is 1.78 bits per heavy atom. The number of carbonyl (C=O) groups excluding carboxylic acids is 1. The monoisotopic (exact) mass is 438 g/mol. The number of rotatable bonds is 6. The lowest BCUT2D eigenvalue weighted by Gasteiger charge is -2.14. The molecule has 0 saturated heterocycles. The van der Waals surface area contributed by atoms with Crippen molar-refractivity contribution in [1.82, 2.24) is 4.31 Å². The molecule has 146 valence electrons. The molecule has 0 saturated carbocycles. The van der Waals surface area contributed by atoms with E-state index >= 15 is 0 Å². The van der Waals surface area contributed by atoms with E-state index in [-0.39, 0.29) is 31.9 Å². The molecule has 2 aromatic carbocycles. The minimum atomic E-state index is -3.85. The van der Waals surface area contributed by atoms with E-state index in [2.05, 4.69) is 10.1 Å². The maximum absolute atomic E-state index is 12.4. The molecule has 0 aliphatic carbocycles. The summed E-state index contributed by atoms with van der Waals surface area (Å²) in [5.41, 5.74) is 0.238. The topological polar surface area (TPSA) is 75.7 Å². The summed E-state index contributed by atoms with van der Waals surface area (Å²) in [6, 6.07) is 7.50. The summed E-state index contributed by atoms with van der Waals surface area (Å²) in [6.45, 7) is -3.03. The molecule has 0 bridgehead atoms. The molecule has 6 nitrogen and oxygen atoms in total. The number of amides is 1. The SMILES string of the molecule is CN(C)S(=O)(=O)c1cc(C(=O)Nc2ccc(OC(F)F)c(Cl)c2)ccc1Cl. The minimum absolute atomic E-state index is 0.0307. The third-order valence-corrected chi connectivity index (χ3v) is 5.95. The first-order chi connectivity index (χ1) is 12.5. The van der Waals surface area contributed by atoms with Crippen LogP contribution in [0.1, 0.15) is 10.4 Å². The molecule has 2 aromatic rings. The number of carbonyl (C=O) groups is 1. The van der Waals surface area contributed by atoms with Gasteiger partial charge in [-0.05, 0) is 36.4 Å². The van der Waals surface area contributed by atoms with Crippen LogP contribution < -0.4 is 10.1 Å². The van der Waals surface area contributed by atoms with Crippen molar-refractivity contribution in [2.75, 3.05) is 19.4 Å². The number of sulfonamides is 1. The van der Waals surface area contributed by atoms with Gasteiger partial charge in [-0.1, -0.05) is 23.2 Å². The Balaban J connectivity index is 2.28. The Bertz CT molecular complexity index is 969. The van der Waals surface area contributed by atoms with E-state index < -0.39 is 22.5 Å². The maximum Gasteiger partial charge on any atom is 0.387 e. The van der Waals surface area contributed by atoms with Gasteiger partial charge in [0.15, 0.2) is 0 Å². The molecule has 0 heterocycles. The van der Waals surface area contributed by atoms with Gasteiger partial charge in [0.25, 0.3) is 5.91 Å². The van der Waals surface area contributed by atoms with Crippen LogP contribution in [0.15, 0.2) is 41.3 Å². The van der Waals surface area contributed by atoms with Gasteiger partial charge in [0.05, 0.1) is 10.0 Å². The fraction of sp³-hybridized carbons (Fsp3) is 0.188. The molecule has 0 spiro atoms. The number of hydrogen-bond donors (Lipinski definition) is 1. The van der Waals surface area contributed by atoms with Crippen LogP contribution in [-0.2, 0) is 10.0 Å². The van der Waals surface area contributed by atoms with Gasteiger partial charge in [-0.15, -0.1) is 0 Å². The highest BCUT2D eigenvalue weighted by Crippen LogP contribution is 2.30. The Morgan fingerprint density at radius 3 is 2.33 bits per heavy atom. The van der Waals surface area contributed by atoms with Crippen LogP contribution >= 0.6 is 23.2 Å². The summed E-state index contributed by atoms with van der Waals surface area (Å²) in [6.07, 6.45) is 0. The first-order valence-corrected chi connectivity index (χ1v) is 9.49. The second-order valence-electron chi connectivity index (χ2n) is 5.41. The highest BCUT2D eigenvalue weighted by Gasteiger charge is 2.22. The van der Waals surface area contributed by atoms with Crippen LogP contribution in [0, 0.1) is 0 Å². The first-order valence-electron chi connectivity index (χ1n) is 7.30. The predicted octanol–water partition coefficient (Wildman–Crippen LogP) is 4.10. The molecule has 11 heteroatoms. The van der Waals surface area contributed by atoms with Gasteiger partial charge in [-0.3, -0.25) is 4.79 Å². The number of anilines is 1. The second-order valence-corrected chi connectivity index (χ2v) is 8.35. The molecule has 0 atom stereocenters. The summed E-state index contributed by atoms with van der Waals surface area (Å²) in [5.74, 6) is -0.879. The lowest BCUT2D eigenvalue weighted by molar-refractivity contribution is -0.0497. The number of halogens is 4. The normalized spacial score (nSPS) is 11.7. The lowest BCUT2D eigenvalue weighted by atomic mass is 10.2. The summed E-state index contributed by atoms with van der Waals surface area (Å²) >= 11 is 11.8. The molecule has 0 aliphatic heterocycles. The zero-order chi connectivity index (χ0) is 20.4. The van der Waals surface area contributed by atoms with Gasteiger partial charge in [-0.2, -0.15) is 8.78 Å². The van der Waals surface area contributed by atoms with Gasteiger partial charge in [0, 0.05) is 25.3 Å². The number of nitrogens with zero attached hydrogens (tertiary/aromatic N) is 1. The average molecular weight is 439 g/mol. The van der Waals surface area contributed by atoms with E-state index in [1.165, 1.54) is 44.4 Å². The van der Waals surface area contributed by atoms with Crippen molar-refractivity contribution < 1.29 is 26.7 Å². The van der Waals surface area contributed by atoms with Gasteiger partial charge in [-0.25, -0.2) is 12.7 Å². The van der Waals surface area contributed by atoms with Crippen molar-refractivity contribution in [2.24, 2.45) is 0 Å².